The van der Waals surface area contributed by atoms with Crippen molar-refractivity contribution in [2.75, 3.05) is 45.6 Å². The standard InChI is InChI=1S/C18H31N3O/c1-22-18-9-8-16(15-17(18)19)7-6-11-20-10-2-3-12-21-13-4-5-14-21/h8-9,15,20H,2-7,10-14,19H2,1H3. The highest BCUT2D eigenvalue weighted by Gasteiger charge is 2.09. The molecule has 1 aromatic carbocycles. The van der Waals surface area contributed by atoms with Crippen LogP contribution in [-0.4, -0.2) is 44.7 Å². The highest BCUT2D eigenvalue weighted by atomic mass is 16.5. The Morgan fingerprint density at radius 1 is 1.14 bits per heavy atom. The average molecular weight is 305 g/mol. The lowest BCUT2D eigenvalue weighted by Crippen LogP contribution is -2.22. The van der Waals surface area contributed by atoms with Crippen molar-refractivity contribution in [3.8, 4) is 5.75 Å². The van der Waals surface area contributed by atoms with Crippen molar-refractivity contribution < 1.29 is 4.74 Å². The van der Waals surface area contributed by atoms with Crippen molar-refractivity contribution in [3.05, 3.63) is 23.8 Å². The van der Waals surface area contributed by atoms with Gasteiger partial charge in [-0.05, 0) is 88.9 Å². The lowest BCUT2D eigenvalue weighted by molar-refractivity contribution is 0.329. The number of anilines is 1. The summed E-state index contributed by atoms with van der Waals surface area (Å²) in [6.45, 7) is 6.14. The zero-order chi connectivity index (χ0) is 15.6. The summed E-state index contributed by atoms with van der Waals surface area (Å²) in [6.07, 6.45) is 7.61. The molecule has 22 heavy (non-hydrogen) atoms. The molecule has 1 aromatic rings. The molecule has 4 nitrogen and oxygen atoms in total. The predicted molar refractivity (Wildman–Crippen MR) is 93.5 cm³/mol. The number of hydrogen-bond acceptors (Lipinski definition) is 4. The van der Waals surface area contributed by atoms with E-state index in [4.69, 9.17) is 10.5 Å². The molecule has 1 aliphatic rings. The van der Waals surface area contributed by atoms with Crippen LogP contribution >= 0.6 is 0 Å². The zero-order valence-electron chi connectivity index (χ0n) is 13.9. The van der Waals surface area contributed by atoms with E-state index in [1.165, 1.54) is 50.9 Å². The highest BCUT2D eigenvalue weighted by molar-refractivity contribution is 5.54. The zero-order valence-corrected chi connectivity index (χ0v) is 13.9. The lowest BCUT2D eigenvalue weighted by Gasteiger charge is -2.14. The van der Waals surface area contributed by atoms with Gasteiger partial charge in [0.1, 0.15) is 5.75 Å². The van der Waals surface area contributed by atoms with E-state index in [9.17, 15) is 0 Å². The number of hydrogen-bond donors (Lipinski definition) is 2. The first-order valence-corrected chi connectivity index (χ1v) is 8.65. The van der Waals surface area contributed by atoms with Gasteiger partial charge in [0.15, 0.2) is 0 Å². The van der Waals surface area contributed by atoms with Crippen molar-refractivity contribution in [1.82, 2.24) is 10.2 Å². The average Bonchev–Trinajstić information content (AvgIpc) is 3.03. The molecule has 3 N–H and O–H groups in total. The van der Waals surface area contributed by atoms with E-state index >= 15 is 0 Å². The predicted octanol–water partition coefficient (Wildman–Crippen LogP) is 2.68. The number of rotatable bonds is 10. The van der Waals surface area contributed by atoms with Gasteiger partial charge in [-0.15, -0.1) is 0 Å². The van der Waals surface area contributed by atoms with Gasteiger partial charge in [-0.25, -0.2) is 0 Å². The minimum absolute atomic E-state index is 0.731. The number of likely N-dealkylation sites (tertiary alicyclic amines) is 1. The van der Waals surface area contributed by atoms with E-state index in [1.54, 1.807) is 7.11 Å². The van der Waals surface area contributed by atoms with Gasteiger partial charge in [0.05, 0.1) is 12.8 Å². The number of nitrogens with two attached hydrogens (primary N) is 1. The van der Waals surface area contributed by atoms with Crippen molar-refractivity contribution >= 4 is 5.69 Å². The maximum atomic E-state index is 5.92. The summed E-state index contributed by atoms with van der Waals surface area (Å²) in [5, 5.41) is 3.54. The number of nitrogens with one attached hydrogen (secondary N) is 1. The minimum Gasteiger partial charge on any atom is -0.495 e. The van der Waals surface area contributed by atoms with Crippen LogP contribution in [0.4, 0.5) is 5.69 Å². The molecule has 1 aliphatic heterocycles. The van der Waals surface area contributed by atoms with Crippen LogP contribution in [0.2, 0.25) is 0 Å². The van der Waals surface area contributed by atoms with E-state index < -0.39 is 0 Å². The van der Waals surface area contributed by atoms with Crippen molar-refractivity contribution in [1.29, 1.82) is 0 Å². The van der Waals surface area contributed by atoms with Gasteiger partial charge in [0, 0.05) is 0 Å². The van der Waals surface area contributed by atoms with Crippen molar-refractivity contribution in [2.45, 2.75) is 38.5 Å². The fourth-order valence-electron chi connectivity index (χ4n) is 3.07. The normalized spacial score (nSPS) is 15.3. The molecule has 0 amide bonds. The molecule has 0 spiro atoms. The summed E-state index contributed by atoms with van der Waals surface area (Å²) >= 11 is 0. The third kappa shape index (κ3) is 5.85. The van der Waals surface area contributed by atoms with Crippen molar-refractivity contribution in [3.63, 3.8) is 0 Å². The van der Waals surface area contributed by atoms with Gasteiger partial charge >= 0.3 is 0 Å². The largest absolute Gasteiger partial charge is 0.495 e. The van der Waals surface area contributed by atoms with Gasteiger partial charge < -0.3 is 20.7 Å². The molecule has 0 aliphatic carbocycles. The monoisotopic (exact) mass is 305 g/mol. The topological polar surface area (TPSA) is 50.5 Å². The molecular formula is C18H31N3O. The van der Waals surface area contributed by atoms with Gasteiger partial charge in [-0.2, -0.15) is 0 Å². The summed E-state index contributed by atoms with van der Waals surface area (Å²) in [5.74, 6) is 0.764. The van der Waals surface area contributed by atoms with Crippen LogP contribution in [0.15, 0.2) is 18.2 Å². The Kier molecular flexibility index (Phi) is 7.54. The first-order chi connectivity index (χ1) is 10.8. The number of methoxy groups -OCH3 is 1. The maximum absolute atomic E-state index is 5.92. The van der Waals surface area contributed by atoms with Gasteiger partial charge in [-0.1, -0.05) is 6.07 Å². The quantitative estimate of drug-likeness (QED) is 0.515. The molecule has 2 rings (SSSR count). The molecule has 1 fully saturated rings. The number of unbranched alkanes of at least 4 members (excludes halogenated alkanes) is 1. The maximum Gasteiger partial charge on any atom is 0.141 e. The fourth-order valence-corrected chi connectivity index (χ4v) is 3.07. The van der Waals surface area contributed by atoms with Crippen LogP contribution in [0.1, 0.15) is 37.7 Å². The molecule has 1 saturated heterocycles. The van der Waals surface area contributed by atoms with Gasteiger partial charge in [-0.3, -0.25) is 0 Å². The Labute approximate surface area is 135 Å². The molecular weight excluding hydrogens is 274 g/mol. The van der Waals surface area contributed by atoms with E-state index in [2.05, 4.69) is 16.3 Å². The Bertz CT molecular complexity index is 430. The summed E-state index contributed by atoms with van der Waals surface area (Å²) in [7, 11) is 1.65. The number of nitrogen functional groups attached to an aromatic ring is 1. The van der Waals surface area contributed by atoms with E-state index in [1.807, 2.05) is 12.1 Å². The van der Waals surface area contributed by atoms with E-state index in [-0.39, 0.29) is 0 Å². The molecule has 124 valence electrons. The molecule has 0 saturated carbocycles. The van der Waals surface area contributed by atoms with E-state index in [0.29, 0.717) is 0 Å². The number of ether oxygens (including phenoxy) is 1. The number of benzene rings is 1. The molecule has 0 atom stereocenters. The minimum atomic E-state index is 0.731. The third-order valence-electron chi connectivity index (χ3n) is 4.39. The first-order valence-electron chi connectivity index (χ1n) is 8.65. The second-order valence-corrected chi connectivity index (χ2v) is 6.19. The van der Waals surface area contributed by atoms with Crippen LogP contribution in [0, 0.1) is 0 Å². The van der Waals surface area contributed by atoms with Crippen molar-refractivity contribution in [2.24, 2.45) is 0 Å². The molecule has 0 bridgehead atoms. The SMILES string of the molecule is COc1ccc(CCCNCCCCN2CCCC2)cc1N. The van der Waals surface area contributed by atoms with Crippen LogP contribution in [0.25, 0.3) is 0 Å². The third-order valence-corrected chi connectivity index (χ3v) is 4.39. The first kappa shape index (κ1) is 17.1. The number of aryl methyl sites for hydroxylation is 1. The van der Waals surface area contributed by atoms with Crippen LogP contribution in [0.3, 0.4) is 0 Å². The van der Waals surface area contributed by atoms with Crippen LogP contribution < -0.4 is 15.8 Å². The lowest BCUT2D eigenvalue weighted by atomic mass is 10.1. The van der Waals surface area contributed by atoms with Gasteiger partial charge in [0.2, 0.25) is 0 Å². The molecule has 0 aromatic heterocycles. The molecule has 1 heterocycles. The summed E-state index contributed by atoms with van der Waals surface area (Å²) in [6, 6.07) is 6.08. The van der Waals surface area contributed by atoms with Crippen LogP contribution in [0.5, 0.6) is 5.75 Å². The molecule has 4 heteroatoms. The highest BCUT2D eigenvalue weighted by Crippen LogP contribution is 2.22. The van der Waals surface area contributed by atoms with Gasteiger partial charge in [0.25, 0.3) is 0 Å². The Hall–Kier alpha value is -1.26. The summed E-state index contributed by atoms with van der Waals surface area (Å²) < 4.78 is 5.18. The van der Waals surface area contributed by atoms with Crippen LogP contribution in [-0.2, 0) is 6.42 Å². The smallest absolute Gasteiger partial charge is 0.141 e. The molecule has 0 unspecified atom stereocenters. The Balaban J connectivity index is 1.47. The fraction of sp³-hybridized carbons (Fsp3) is 0.667. The summed E-state index contributed by atoms with van der Waals surface area (Å²) in [5.41, 5.74) is 7.94. The Morgan fingerprint density at radius 2 is 1.91 bits per heavy atom. The second kappa shape index (κ2) is 9.70. The number of nitrogens with zero attached hydrogens (tertiary/aromatic N) is 1. The second-order valence-electron chi connectivity index (χ2n) is 6.19. The van der Waals surface area contributed by atoms with E-state index in [0.717, 1.165) is 37.4 Å². The summed E-state index contributed by atoms with van der Waals surface area (Å²) in [4.78, 5) is 2.59. The molecule has 0 radical (unpaired) electrons. The Morgan fingerprint density at radius 3 is 2.64 bits per heavy atom.